The standard InChI is InChI=1S/C23H24N4O3/c1-2-30-21-13-7-6-11-19(21)23(29)26-14-8-12-20(26)22(28)25-17-15-24-27(16-17)18-9-4-3-5-10-18/h3-7,9-11,13,15-16,20H,2,8,12,14H2,1H3,(H,25,28). The molecule has 4 rings (SSSR count). The number of rotatable bonds is 6. The number of nitrogens with zero attached hydrogens (tertiary/aromatic N) is 3. The lowest BCUT2D eigenvalue weighted by atomic mass is 10.1. The van der Waals surface area contributed by atoms with Gasteiger partial charge in [-0.2, -0.15) is 5.10 Å². The summed E-state index contributed by atoms with van der Waals surface area (Å²) in [6.07, 6.45) is 4.78. The Morgan fingerprint density at radius 1 is 1.13 bits per heavy atom. The second-order valence-electron chi connectivity index (χ2n) is 7.08. The fourth-order valence-corrected chi connectivity index (χ4v) is 3.70. The van der Waals surface area contributed by atoms with Gasteiger partial charge >= 0.3 is 0 Å². The summed E-state index contributed by atoms with van der Waals surface area (Å²) in [4.78, 5) is 27.7. The third-order valence-corrected chi connectivity index (χ3v) is 5.10. The summed E-state index contributed by atoms with van der Waals surface area (Å²) >= 11 is 0. The lowest BCUT2D eigenvalue weighted by Crippen LogP contribution is -2.43. The van der Waals surface area contributed by atoms with Crippen LogP contribution in [0.2, 0.25) is 0 Å². The van der Waals surface area contributed by atoms with Gasteiger partial charge in [0, 0.05) is 6.54 Å². The van der Waals surface area contributed by atoms with Crippen LogP contribution in [0, 0.1) is 0 Å². The predicted octanol–water partition coefficient (Wildman–Crippen LogP) is 3.51. The van der Waals surface area contributed by atoms with Gasteiger partial charge in [0.05, 0.1) is 35.9 Å². The van der Waals surface area contributed by atoms with Crippen molar-refractivity contribution in [3.63, 3.8) is 0 Å². The van der Waals surface area contributed by atoms with Crippen LogP contribution in [0.1, 0.15) is 30.1 Å². The van der Waals surface area contributed by atoms with Gasteiger partial charge in [-0.3, -0.25) is 9.59 Å². The van der Waals surface area contributed by atoms with Crippen LogP contribution < -0.4 is 10.1 Å². The van der Waals surface area contributed by atoms with Crippen molar-refractivity contribution in [3.8, 4) is 11.4 Å². The van der Waals surface area contributed by atoms with Crippen LogP contribution in [-0.2, 0) is 4.79 Å². The van der Waals surface area contributed by atoms with E-state index >= 15 is 0 Å². The smallest absolute Gasteiger partial charge is 0.258 e. The fraction of sp³-hybridized carbons (Fsp3) is 0.261. The number of aromatic nitrogens is 2. The first-order valence-electron chi connectivity index (χ1n) is 10.1. The summed E-state index contributed by atoms with van der Waals surface area (Å²) in [6, 6.07) is 16.3. The second-order valence-corrected chi connectivity index (χ2v) is 7.08. The van der Waals surface area contributed by atoms with E-state index in [1.807, 2.05) is 43.3 Å². The van der Waals surface area contributed by atoms with Gasteiger partial charge in [0.1, 0.15) is 11.8 Å². The molecule has 1 saturated heterocycles. The summed E-state index contributed by atoms with van der Waals surface area (Å²) in [5, 5.41) is 7.21. The monoisotopic (exact) mass is 404 g/mol. The zero-order valence-electron chi connectivity index (χ0n) is 16.8. The summed E-state index contributed by atoms with van der Waals surface area (Å²) in [7, 11) is 0. The molecule has 0 spiro atoms. The molecule has 2 amide bonds. The summed E-state index contributed by atoms with van der Waals surface area (Å²) in [6.45, 7) is 2.89. The lowest BCUT2D eigenvalue weighted by Gasteiger charge is -2.24. The van der Waals surface area contributed by atoms with Crippen LogP contribution in [0.25, 0.3) is 5.69 Å². The maximum absolute atomic E-state index is 13.1. The van der Waals surface area contributed by atoms with E-state index in [4.69, 9.17) is 4.74 Å². The number of amides is 2. The van der Waals surface area contributed by atoms with Gasteiger partial charge < -0.3 is 15.0 Å². The predicted molar refractivity (Wildman–Crippen MR) is 114 cm³/mol. The highest BCUT2D eigenvalue weighted by Gasteiger charge is 2.35. The number of carbonyl (C=O) groups is 2. The van der Waals surface area contributed by atoms with Crippen molar-refractivity contribution >= 4 is 17.5 Å². The van der Waals surface area contributed by atoms with Crippen molar-refractivity contribution < 1.29 is 14.3 Å². The lowest BCUT2D eigenvalue weighted by molar-refractivity contribution is -0.119. The van der Waals surface area contributed by atoms with Gasteiger partial charge in [0.2, 0.25) is 5.91 Å². The molecule has 0 radical (unpaired) electrons. The van der Waals surface area contributed by atoms with Gasteiger partial charge in [-0.05, 0) is 44.0 Å². The van der Waals surface area contributed by atoms with Crippen molar-refractivity contribution in [1.82, 2.24) is 14.7 Å². The van der Waals surface area contributed by atoms with Gasteiger partial charge in [0.15, 0.2) is 0 Å². The normalized spacial score (nSPS) is 15.8. The molecular formula is C23H24N4O3. The molecule has 0 saturated carbocycles. The minimum atomic E-state index is -0.521. The Labute approximate surface area is 175 Å². The highest BCUT2D eigenvalue weighted by molar-refractivity contribution is 6.02. The molecule has 30 heavy (non-hydrogen) atoms. The number of ether oxygens (including phenoxy) is 1. The molecule has 3 aromatic rings. The minimum absolute atomic E-state index is 0.184. The van der Waals surface area contributed by atoms with Crippen molar-refractivity contribution in [1.29, 1.82) is 0 Å². The van der Waals surface area contributed by atoms with E-state index in [2.05, 4.69) is 10.4 Å². The number of benzene rings is 2. The van der Waals surface area contributed by atoms with E-state index in [1.54, 1.807) is 40.2 Å². The van der Waals surface area contributed by atoms with Crippen LogP contribution in [0.4, 0.5) is 5.69 Å². The van der Waals surface area contributed by atoms with E-state index in [0.29, 0.717) is 36.6 Å². The molecule has 1 unspecified atom stereocenters. The van der Waals surface area contributed by atoms with Gasteiger partial charge in [-0.15, -0.1) is 0 Å². The Bertz CT molecular complexity index is 1030. The quantitative estimate of drug-likeness (QED) is 0.682. The average molecular weight is 404 g/mol. The van der Waals surface area contributed by atoms with Crippen molar-refractivity contribution in [2.24, 2.45) is 0 Å². The first-order chi connectivity index (χ1) is 14.7. The molecule has 7 nitrogen and oxygen atoms in total. The van der Waals surface area contributed by atoms with Crippen LogP contribution in [0.5, 0.6) is 5.75 Å². The maximum atomic E-state index is 13.1. The number of hydrogen-bond donors (Lipinski definition) is 1. The van der Waals surface area contributed by atoms with Crippen molar-refractivity contribution in [2.75, 3.05) is 18.5 Å². The molecule has 2 heterocycles. The van der Waals surface area contributed by atoms with E-state index < -0.39 is 6.04 Å². The van der Waals surface area contributed by atoms with Crippen LogP contribution in [0.3, 0.4) is 0 Å². The fourth-order valence-electron chi connectivity index (χ4n) is 3.70. The molecule has 2 aromatic carbocycles. The number of para-hydroxylation sites is 2. The first kappa shape index (κ1) is 19.7. The average Bonchev–Trinajstić information content (AvgIpc) is 3.44. The Balaban J connectivity index is 1.48. The van der Waals surface area contributed by atoms with Gasteiger partial charge in [-0.25, -0.2) is 4.68 Å². The third kappa shape index (κ3) is 4.05. The van der Waals surface area contributed by atoms with Crippen LogP contribution in [0.15, 0.2) is 67.0 Å². The number of carbonyl (C=O) groups excluding carboxylic acids is 2. The van der Waals surface area contributed by atoms with Crippen molar-refractivity contribution in [3.05, 3.63) is 72.6 Å². The molecule has 1 fully saturated rings. The van der Waals surface area contributed by atoms with E-state index in [0.717, 1.165) is 12.1 Å². The molecular weight excluding hydrogens is 380 g/mol. The summed E-state index contributed by atoms with van der Waals surface area (Å²) in [5.41, 5.74) is 1.98. The number of hydrogen-bond acceptors (Lipinski definition) is 4. The Hall–Kier alpha value is -3.61. The number of nitrogens with one attached hydrogen (secondary N) is 1. The minimum Gasteiger partial charge on any atom is -0.493 e. The SMILES string of the molecule is CCOc1ccccc1C(=O)N1CCCC1C(=O)Nc1cnn(-c2ccccc2)c1. The Morgan fingerprint density at radius 3 is 2.70 bits per heavy atom. The Morgan fingerprint density at radius 2 is 1.90 bits per heavy atom. The molecule has 154 valence electrons. The zero-order valence-corrected chi connectivity index (χ0v) is 16.8. The topological polar surface area (TPSA) is 76.5 Å². The molecule has 0 bridgehead atoms. The van der Waals surface area contributed by atoms with E-state index in [1.165, 1.54) is 0 Å². The molecule has 7 heteroatoms. The van der Waals surface area contributed by atoms with Gasteiger partial charge in [0.25, 0.3) is 5.91 Å². The summed E-state index contributed by atoms with van der Waals surface area (Å²) < 4.78 is 7.29. The van der Waals surface area contributed by atoms with Gasteiger partial charge in [-0.1, -0.05) is 30.3 Å². The molecule has 1 N–H and O–H groups in total. The second kappa shape index (κ2) is 8.82. The van der Waals surface area contributed by atoms with Crippen LogP contribution in [-0.4, -0.2) is 45.7 Å². The first-order valence-corrected chi connectivity index (χ1v) is 10.1. The van der Waals surface area contributed by atoms with E-state index in [9.17, 15) is 9.59 Å². The molecule has 1 aliphatic heterocycles. The van der Waals surface area contributed by atoms with Crippen molar-refractivity contribution in [2.45, 2.75) is 25.8 Å². The summed E-state index contributed by atoms with van der Waals surface area (Å²) in [5.74, 6) is 0.152. The molecule has 1 atom stereocenters. The van der Waals surface area contributed by atoms with Crippen LogP contribution >= 0.6 is 0 Å². The largest absolute Gasteiger partial charge is 0.493 e. The maximum Gasteiger partial charge on any atom is 0.258 e. The number of likely N-dealkylation sites (tertiary alicyclic amines) is 1. The zero-order chi connectivity index (χ0) is 20.9. The number of anilines is 1. The van der Waals surface area contributed by atoms with E-state index in [-0.39, 0.29) is 11.8 Å². The molecule has 1 aliphatic rings. The highest BCUT2D eigenvalue weighted by Crippen LogP contribution is 2.26. The highest BCUT2D eigenvalue weighted by atomic mass is 16.5. The Kier molecular flexibility index (Phi) is 5.79. The molecule has 0 aliphatic carbocycles. The third-order valence-electron chi connectivity index (χ3n) is 5.10. The molecule has 1 aromatic heterocycles.